The minimum Gasteiger partial charge on any atom is -0.378 e. The molecule has 0 spiro atoms. The Bertz CT molecular complexity index is 496. The van der Waals surface area contributed by atoms with Crippen molar-refractivity contribution in [3.05, 3.63) is 0 Å². The number of hydrogen-bond donors (Lipinski definition) is 2. The second-order valence-electron chi connectivity index (χ2n) is 8.35. The number of aliphatic hydroxyl groups excluding tert-OH is 1. The number of alkyl halides is 2. The molecule has 2 aliphatic heterocycles. The van der Waals surface area contributed by atoms with E-state index in [1.165, 1.54) is 6.92 Å². The number of nitrogens with one attached hydrogen (secondary N) is 1. The molecule has 27 heavy (non-hydrogen) atoms. The lowest BCUT2D eigenvalue weighted by atomic mass is 9.87. The number of carbonyl (C=O) groups excluding carboxylic acids is 1. The molecule has 1 saturated carbocycles. The van der Waals surface area contributed by atoms with E-state index >= 15 is 0 Å². The van der Waals surface area contributed by atoms with Crippen molar-refractivity contribution in [3.8, 4) is 0 Å². The summed E-state index contributed by atoms with van der Waals surface area (Å²) >= 11 is 0. The van der Waals surface area contributed by atoms with Gasteiger partial charge in [-0.2, -0.15) is 0 Å². The maximum atomic E-state index is 13.3. The van der Waals surface area contributed by atoms with E-state index < -0.39 is 24.3 Å². The van der Waals surface area contributed by atoms with Crippen LogP contribution in [0.15, 0.2) is 0 Å². The maximum absolute atomic E-state index is 13.3. The Kier molecular flexibility index (Phi) is 6.71. The first-order chi connectivity index (χ1) is 12.8. The van der Waals surface area contributed by atoms with Crippen LogP contribution in [0.2, 0.25) is 0 Å². The molecular weight excluding hydrogens is 358 g/mol. The zero-order valence-corrected chi connectivity index (χ0v) is 16.2. The van der Waals surface area contributed by atoms with Crippen molar-refractivity contribution < 1.29 is 28.2 Å². The van der Waals surface area contributed by atoms with E-state index in [1.807, 2.05) is 11.8 Å². The van der Waals surface area contributed by atoms with Gasteiger partial charge in [-0.3, -0.25) is 9.69 Å². The second-order valence-corrected chi connectivity index (χ2v) is 8.35. The van der Waals surface area contributed by atoms with Crippen LogP contribution in [0.5, 0.6) is 0 Å². The summed E-state index contributed by atoms with van der Waals surface area (Å²) in [6.45, 7) is 4.79. The van der Waals surface area contributed by atoms with E-state index in [9.17, 15) is 18.7 Å². The van der Waals surface area contributed by atoms with Gasteiger partial charge in [0.2, 0.25) is 11.8 Å². The molecule has 0 aromatic heterocycles. The molecule has 1 amide bonds. The maximum Gasteiger partial charge on any atom is 0.248 e. The number of ether oxygens (including phenoxy) is 2. The quantitative estimate of drug-likeness (QED) is 0.695. The fourth-order valence-electron chi connectivity index (χ4n) is 4.60. The number of rotatable bonds is 7. The van der Waals surface area contributed by atoms with E-state index in [0.717, 1.165) is 12.8 Å². The molecule has 2 bridgehead atoms. The summed E-state index contributed by atoms with van der Waals surface area (Å²) < 4.78 is 38.1. The molecule has 2 saturated heterocycles. The van der Waals surface area contributed by atoms with Gasteiger partial charge in [0.25, 0.3) is 0 Å². The van der Waals surface area contributed by atoms with Gasteiger partial charge in [-0.05, 0) is 38.5 Å². The Morgan fingerprint density at radius 1 is 1.26 bits per heavy atom. The lowest BCUT2D eigenvalue weighted by Crippen LogP contribution is -2.62. The zero-order valence-electron chi connectivity index (χ0n) is 16.2. The fraction of sp³-hybridized carbons (Fsp3) is 0.947. The van der Waals surface area contributed by atoms with Crippen LogP contribution in [0.1, 0.15) is 52.4 Å². The molecule has 3 fully saturated rings. The van der Waals surface area contributed by atoms with E-state index in [0.29, 0.717) is 32.7 Å². The molecule has 5 atom stereocenters. The average molecular weight is 390 g/mol. The Balaban J connectivity index is 1.57. The van der Waals surface area contributed by atoms with Gasteiger partial charge in [0.05, 0.1) is 25.4 Å². The fourth-order valence-corrected chi connectivity index (χ4v) is 4.60. The number of halogens is 2. The minimum atomic E-state index is -2.55. The second kappa shape index (κ2) is 8.68. The summed E-state index contributed by atoms with van der Waals surface area (Å²) in [5, 5.41) is 13.8. The Labute approximate surface area is 159 Å². The predicted molar refractivity (Wildman–Crippen MR) is 95.4 cm³/mol. The van der Waals surface area contributed by atoms with Crippen LogP contribution in [0, 0.1) is 5.92 Å². The van der Waals surface area contributed by atoms with Gasteiger partial charge >= 0.3 is 0 Å². The third-order valence-electron chi connectivity index (χ3n) is 6.23. The van der Waals surface area contributed by atoms with Crippen LogP contribution in [0.4, 0.5) is 8.78 Å². The summed E-state index contributed by atoms with van der Waals surface area (Å²) in [7, 11) is 0. The number of carbonyl (C=O) groups is 1. The lowest BCUT2D eigenvalue weighted by Gasteiger charge is -2.42. The third-order valence-corrected chi connectivity index (χ3v) is 6.23. The molecule has 0 aromatic rings. The van der Waals surface area contributed by atoms with Crippen molar-refractivity contribution in [1.29, 1.82) is 0 Å². The van der Waals surface area contributed by atoms with Gasteiger partial charge in [0, 0.05) is 38.5 Å². The Hall–Kier alpha value is -0.830. The first-order valence-corrected chi connectivity index (χ1v) is 10.1. The molecule has 3 rings (SSSR count). The molecule has 2 heterocycles. The molecule has 156 valence electrons. The smallest absolute Gasteiger partial charge is 0.248 e. The van der Waals surface area contributed by atoms with Crippen molar-refractivity contribution in [2.45, 2.75) is 88.8 Å². The number of amides is 1. The number of fused-ring (bicyclic) bond motifs is 2. The van der Waals surface area contributed by atoms with E-state index in [4.69, 9.17) is 9.47 Å². The van der Waals surface area contributed by atoms with Crippen LogP contribution in [-0.2, 0) is 14.3 Å². The molecule has 1 aliphatic carbocycles. The SMILES string of the molecule is CC(=O)NC(C(C)OCC1CCC(F)(F)CC1)C(O)N1C2CCC1COC2. The lowest BCUT2D eigenvalue weighted by molar-refractivity contribution is -0.144. The van der Waals surface area contributed by atoms with Gasteiger partial charge in [0.1, 0.15) is 6.23 Å². The molecule has 3 aliphatic rings. The summed E-state index contributed by atoms with van der Waals surface area (Å²) in [5.41, 5.74) is 0. The Morgan fingerprint density at radius 2 is 1.85 bits per heavy atom. The third kappa shape index (κ3) is 5.16. The summed E-state index contributed by atoms with van der Waals surface area (Å²) in [5.74, 6) is -2.68. The van der Waals surface area contributed by atoms with Crippen molar-refractivity contribution in [2.24, 2.45) is 5.92 Å². The van der Waals surface area contributed by atoms with Crippen LogP contribution in [0.25, 0.3) is 0 Å². The van der Waals surface area contributed by atoms with Crippen molar-refractivity contribution >= 4 is 5.91 Å². The molecule has 6 nitrogen and oxygen atoms in total. The van der Waals surface area contributed by atoms with Gasteiger partial charge in [0.15, 0.2) is 0 Å². The van der Waals surface area contributed by atoms with Crippen LogP contribution in [0.3, 0.4) is 0 Å². The molecule has 8 heteroatoms. The number of morpholine rings is 1. The first-order valence-electron chi connectivity index (χ1n) is 10.1. The minimum absolute atomic E-state index is 0.0930. The molecule has 0 aromatic carbocycles. The normalized spacial score (nSPS) is 32.0. The van der Waals surface area contributed by atoms with Crippen molar-refractivity contribution in [1.82, 2.24) is 10.2 Å². The van der Waals surface area contributed by atoms with Crippen LogP contribution in [-0.4, -0.2) is 72.1 Å². The highest BCUT2D eigenvalue weighted by Crippen LogP contribution is 2.36. The molecule has 2 N–H and O–H groups in total. The molecule has 5 unspecified atom stereocenters. The Morgan fingerprint density at radius 3 is 2.41 bits per heavy atom. The molecular formula is C19H32F2N2O4. The first kappa shape index (κ1) is 20.9. The number of nitrogens with zero attached hydrogens (tertiary/aromatic N) is 1. The summed E-state index contributed by atoms with van der Waals surface area (Å²) in [4.78, 5) is 13.7. The topological polar surface area (TPSA) is 71.0 Å². The van der Waals surface area contributed by atoms with E-state index in [-0.39, 0.29) is 36.8 Å². The highest BCUT2D eigenvalue weighted by atomic mass is 19.3. The van der Waals surface area contributed by atoms with Gasteiger partial charge in [-0.15, -0.1) is 0 Å². The highest BCUT2D eigenvalue weighted by Gasteiger charge is 2.45. The van der Waals surface area contributed by atoms with Crippen molar-refractivity contribution in [2.75, 3.05) is 19.8 Å². The van der Waals surface area contributed by atoms with E-state index in [2.05, 4.69) is 5.32 Å². The van der Waals surface area contributed by atoms with Crippen LogP contribution >= 0.6 is 0 Å². The zero-order chi connectivity index (χ0) is 19.6. The summed E-state index contributed by atoms with van der Waals surface area (Å²) in [6, 6.07) is -0.265. The molecule has 0 radical (unpaired) electrons. The number of hydrogen-bond acceptors (Lipinski definition) is 5. The average Bonchev–Trinajstić information content (AvgIpc) is 2.86. The van der Waals surface area contributed by atoms with Crippen molar-refractivity contribution in [3.63, 3.8) is 0 Å². The largest absolute Gasteiger partial charge is 0.378 e. The van der Waals surface area contributed by atoms with Gasteiger partial charge in [-0.1, -0.05) is 0 Å². The monoisotopic (exact) mass is 390 g/mol. The van der Waals surface area contributed by atoms with E-state index in [1.54, 1.807) is 0 Å². The highest BCUT2D eigenvalue weighted by molar-refractivity contribution is 5.73. The van der Waals surface area contributed by atoms with Gasteiger partial charge < -0.3 is 19.9 Å². The summed E-state index contributed by atoms with van der Waals surface area (Å²) in [6.07, 6.45) is 1.37. The van der Waals surface area contributed by atoms with Gasteiger partial charge in [-0.25, -0.2) is 8.78 Å². The standard InChI is InChI=1S/C19H32F2N2O4/c1-12(27-9-14-5-7-19(20,21)8-6-14)17(22-13(2)24)18(25)23-15-3-4-16(23)11-26-10-15/h12,14-18,25H,3-11H2,1-2H3,(H,22,24). The predicted octanol–water partition coefficient (Wildman–Crippen LogP) is 1.90. The van der Waals surface area contributed by atoms with Crippen LogP contribution < -0.4 is 5.32 Å². The number of aliphatic hydroxyl groups is 1.